The van der Waals surface area contributed by atoms with Crippen molar-refractivity contribution in [3.8, 4) is 0 Å². The molecule has 52 valence electrons. The topological polar surface area (TPSA) is 52.5 Å². The minimum absolute atomic E-state index is 0. The Morgan fingerprint density at radius 3 is 2.25 bits per heavy atom. The van der Waals surface area contributed by atoms with E-state index in [9.17, 15) is 0 Å². The first-order valence-electron chi connectivity index (χ1n) is 2.24. The number of aliphatic hydroxyl groups excluding tert-OH is 2. The Bertz CT molecular complexity index is 45.0. The van der Waals surface area contributed by atoms with Gasteiger partial charge in [-0.1, -0.05) is 0 Å². The number of hydrogen-bond acceptors (Lipinski definition) is 3. The lowest BCUT2D eigenvalue weighted by Crippen LogP contribution is -2.26. The third-order valence-electron chi connectivity index (χ3n) is 0.650. The van der Waals surface area contributed by atoms with Crippen LogP contribution in [0.1, 0.15) is 0 Å². The fourth-order valence-corrected chi connectivity index (χ4v) is 0.300. The van der Waals surface area contributed by atoms with Gasteiger partial charge in [0, 0.05) is 6.54 Å². The second-order valence-corrected chi connectivity index (χ2v) is 1.39. The lowest BCUT2D eigenvalue weighted by Gasteiger charge is -2.02. The highest BCUT2D eigenvalue weighted by molar-refractivity contribution is 5.85. The van der Waals surface area contributed by atoms with Crippen LogP contribution in [0.4, 0.5) is 0 Å². The maximum Gasteiger partial charge on any atom is 0.0894 e. The van der Waals surface area contributed by atoms with E-state index in [0.717, 1.165) is 0 Å². The van der Waals surface area contributed by atoms with E-state index in [-0.39, 0.29) is 19.0 Å². The van der Waals surface area contributed by atoms with Gasteiger partial charge in [-0.05, 0) is 7.05 Å². The van der Waals surface area contributed by atoms with Crippen LogP contribution in [-0.2, 0) is 0 Å². The van der Waals surface area contributed by atoms with Crippen LogP contribution in [0, 0.1) is 0 Å². The number of nitrogens with one attached hydrogen (secondary N) is 1. The minimum Gasteiger partial charge on any atom is -0.394 e. The first-order chi connectivity index (χ1) is 3.31. The largest absolute Gasteiger partial charge is 0.394 e. The van der Waals surface area contributed by atoms with Crippen molar-refractivity contribution in [2.45, 2.75) is 6.10 Å². The van der Waals surface area contributed by atoms with Crippen LogP contribution in [0.3, 0.4) is 0 Å². The minimum atomic E-state index is -0.606. The first-order valence-corrected chi connectivity index (χ1v) is 2.24. The molecule has 0 aliphatic heterocycles. The molecule has 0 aromatic carbocycles. The lowest BCUT2D eigenvalue weighted by molar-refractivity contribution is 0.0961. The Balaban J connectivity index is 0. The maximum absolute atomic E-state index is 8.55. The molecule has 0 unspecified atom stereocenters. The number of rotatable bonds is 3. The molecule has 0 aromatic rings. The lowest BCUT2D eigenvalue weighted by atomic mass is 10.4. The Kier molecular flexibility index (Phi) is 9.89. The van der Waals surface area contributed by atoms with Gasteiger partial charge in [0.15, 0.2) is 0 Å². The molecule has 0 amide bonds. The van der Waals surface area contributed by atoms with E-state index in [1.807, 2.05) is 0 Å². The van der Waals surface area contributed by atoms with Crippen molar-refractivity contribution in [3.63, 3.8) is 0 Å². The molecule has 0 radical (unpaired) electrons. The summed E-state index contributed by atoms with van der Waals surface area (Å²) in [7, 11) is 1.72. The van der Waals surface area contributed by atoms with Crippen LogP contribution in [-0.4, -0.2) is 36.5 Å². The number of halogens is 1. The molecule has 0 fully saturated rings. The highest BCUT2D eigenvalue weighted by Crippen LogP contribution is 1.72. The zero-order valence-electron chi connectivity index (χ0n) is 4.79. The molecule has 0 heterocycles. The molecular formula is C4H12ClNO2. The van der Waals surface area contributed by atoms with Crippen LogP contribution < -0.4 is 5.32 Å². The zero-order valence-corrected chi connectivity index (χ0v) is 5.61. The van der Waals surface area contributed by atoms with Crippen molar-refractivity contribution in [1.82, 2.24) is 5.32 Å². The van der Waals surface area contributed by atoms with Crippen molar-refractivity contribution in [2.24, 2.45) is 0 Å². The van der Waals surface area contributed by atoms with E-state index in [1.165, 1.54) is 0 Å². The molecule has 3 nitrogen and oxygen atoms in total. The van der Waals surface area contributed by atoms with Gasteiger partial charge in [0.2, 0.25) is 0 Å². The fourth-order valence-electron chi connectivity index (χ4n) is 0.300. The van der Waals surface area contributed by atoms with E-state index in [0.29, 0.717) is 6.54 Å². The smallest absolute Gasteiger partial charge is 0.0894 e. The van der Waals surface area contributed by atoms with Crippen molar-refractivity contribution in [3.05, 3.63) is 0 Å². The molecule has 0 aromatic heterocycles. The van der Waals surface area contributed by atoms with E-state index < -0.39 is 6.10 Å². The van der Waals surface area contributed by atoms with Gasteiger partial charge in [0.05, 0.1) is 12.7 Å². The van der Waals surface area contributed by atoms with Gasteiger partial charge < -0.3 is 15.5 Å². The van der Waals surface area contributed by atoms with Crippen LogP contribution in [0.5, 0.6) is 0 Å². The molecular weight excluding hydrogens is 130 g/mol. The van der Waals surface area contributed by atoms with Crippen molar-refractivity contribution >= 4 is 12.4 Å². The average Bonchev–Trinajstić information content (AvgIpc) is 1.68. The van der Waals surface area contributed by atoms with Crippen molar-refractivity contribution in [2.75, 3.05) is 20.2 Å². The summed E-state index contributed by atoms with van der Waals surface area (Å²) >= 11 is 0. The normalized spacial score (nSPS) is 12.4. The van der Waals surface area contributed by atoms with Crippen molar-refractivity contribution < 1.29 is 10.2 Å². The Morgan fingerprint density at radius 2 is 2.12 bits per heavy atom. The van der Waals surface area contributed by atoms with Crippen LogP contribution >= 0.6 is 12.4 Å². The van der Waals surface area contributed by atoms with Gasteiger partial charge in [-0.15, -0.1) is 12.4 Å². The Labute approximate surface area is 55.1 Å². The number of hydrogen-bond donors (Lipinski definition) is 3. The third-order valence-corrected chi connectivity index (χ3v) is 0.650. The second-order valence-electron chi connectivity index (χ2n) is 1.39. The summed E-state index contributed by atoms with van der Waals surface area (Å²) in [5, 5.41) is 19.4. The van der Waals surface area contributed by atoms with Gasteiger partial charge in [-0.3, -0.25) is 0 Å². The maximum atomic E-state index is 8.55. The predicted octanol–water partition coefficient (Wildman–Crippen LogP) is -1.02. The summed E-state index contributed by atoms with van der Waals surface area (Å²) in [6.07, 6.45) is -0.606. The third kappa shape index (κ3) is 6.17. The standard InChI is InChI=1S/C4H11NO2.ClH/c1-5-2-4(7)3-6;/h4-7H,2-3H2,1H3;1H/t4-;/m1./s1. The molecule has 3 N–H and O–H groups in total. The molecule has 4 heteroatoms. The summed E-state index contributed by atoms with van der Waals surface area (Å²) in [6, 6.07) is 0. The van der Waals surface area contributed by atoms with Crippen molar-refractivity contribution in [1.29, 1.82) is 0 Å². The highest BCUT2D eigenvalue weighted by atomic mass is 35.5. The van der Waals surface area contributed by atoms with E-state index >= 15 is 0 Å². The van der Waals surface area contributed by atoms with Crippen LogP contribution in [0.25, 0.3) is 0 Å². The molecule has 8 heavy (non-hydrogen) atoms. The summed E-state index contributed by atoms with van der Waals surface area (Å²) < 4.78 is 0. The second kappa shape index (κ2) is 7.17. The van der Waals surface area contributed by atoms with Gasteiger partial charge >= 0.3 is 0 Å². The SMILES string of the molecule is CNC[C@@H](O)CO.Cl. The molecule has 0 saturated heterocycles. The summed E-state index contributed by atoms with van der Waals surface area (Å²) in [5.74, 6) is 0. The summed E-state index contributed by atoms with van der Waals surface area (Å²) in [4.78, 5) is 0. The number of likely N-dealkylation sites (N-methyl/N-ethyl adjacent to an activating group) is 1. The monoisotopic (exact) mass is 141 g/mol. The van der Waals surface area contributed by atoms with Gasteiger partial charge in [0.1, 0.15) is 0 Å². The Hall–Kier alpha value is 0.170. The molecule has 0 aliphatic rings. The molecule has 0 aliphatic carbocycles. The fraction of sp³-hybridized carbons (Fsp3) is 1.00. The highest BCUT2D eigenvalue weighted by Gasteiger charge is 1.95. The van der Waals surface area contributed by atoms with Crippen LogP contribution in [0.15, 0.2) is 0 Å². The summed E-state index contributed by atoms with van der Waals surface area (Å²) in [6.45, 7) is 0.289. The Morgan fingerprint density at radius 1 is 1.62 bits per heavy atom. The predicted molar refractivity (Wildman–Crippen MR) is 34.3 cm³/mol. The molecule has 0 bridgehead atoms. The van der Waals surface area contributed by atoms with E-state index in [4.69, 9.17) is 10.2 Å². The first kappa shape index (κ1) is 11.0. The zero-order chi connectivity index (χ0) is 5.70. The van der Waals surface area contributed by atoms with Gasteiger partial charge in [-0.2, -0.15) is 0 Å². The van der Waals surface area contributed by atoms with Crippen LogP contribution in [0.2, 0.25) is 0 Å². The van der Waals surface area contributed by atoms with E-state index in [1.54, 1.807) is 7.05 Å². The molecule has 0 rings (SSSR count). The number of aliphatic hydroxyl groups is 2. The molecule has 1 atom stereocenters. The van der Waals surface area contributed by atoms with E-state index in [2.05, 4.69) is 5.32 Å². The van der Waals surface area contributed by atoms with Gasteiger partial charge in [-0.25, -0.2) is 0 Å². The quantitative estimate of drug-likeness (QED) is 0.472. The molecule has 0 saturated carbocycles. The molecule has 0 spiro atoms. The summed E-state index contributed by atoms with van der Waals surface area (Å²) in [5.41, 5.74) is 0. The average molecular weight is 142 g/mol. The van der Waals surface area contributed by atoms with Gasteiger partial charge in [0.25, 0.3) is 0 Å².